The quantitative estimate of drug-likeness (QED) is 0.516. The van der Waals surface area contributed by atoms with Crippen LogP contribution in [0.3, 0.4) is 0 Å². The number of benzene rings is 2. The van der Waals surface area contributed by atoms with Gasteiger partial charge in [-0.15, -0.1) is 0 Å². The van der Waals surface area contributed by atoms with Crippen molar-refractivity contribution in [1.82, 2.24) is 0 Å². The number of hydrogen-bond donors (Lipinski definition) is 1. The van der Waals surface area contributed by atoms with Gasteiger partial charge < -0.3 is 10.5 Å². The molecule has 3 nitrogen and oxygen atoms in total. The summed E-state index contributed by atoms with van der Waals surface area (Å²) < 4.78 is 5.37. The summed E-state index contributed by atoms with van der Waals surface area (Å²) in [5.74, 6) is -0.274. The van der Waals surface area contributed by atoms with Gasteiger partial charge in [-0.25, -0.2) is 4.79 Å². The second-order valence-corrected chi connectivity index (χ2v) is 5.75. The molecule has 0 aliphatic carbocycles. The van der Waals surface area contributed by atoms with Crippen molar-refractivity contribution in [2.45, 2.75) is 33.6 Å². The van der Waals surface area contributed by atoms with Gasteiger partial charge in [0.1, 0.15) is 0 Å². The Balaban J connectivity index is 1.85. The van der Waals surface area contributed by atoms with Crippen molar-refractivity contribution in [2.24, 2.45) is 0 Å². The van der Waals surface area contributed by atoms with E-state index in [1.807, 2.05) is 19.9 Å². The molecule has 0 aromatic heterocycles. The van der Waals surface area contributed by atoms with Crippen LogP contribution in [0.25, 0.3) is 0 Å². The van der Waals surface area contributed by atoms with Gasteiger partial charge in [0.05, 0.1) is 12.2 Å². The van der Waals surface area contributed by atoms with Crippen LogP contribution in [0.15, 0.2) is 36.4 Å². The summed E-state index contributed by atoms with van der Waals surface area (Å²) in [4.78, 5) is 12.1. The maximum atomic E-state index is 12.1. The fraction of sp³-hybridized carbons (Fsp3) is 0.316. The fourth-order valence-electron chi connectivity index (χ4n) is 2.33. The number of nitrogen functional groups attached to an aromatic ring is 1. The Morgan fingerprint density at radius 3 is 2.41 bits per heavy atom. The number of nitrogens with two attached hydrogens (primary N) is 1. The largest absolute Gasteiger partial charge is 0.462 e. The number of ether oxygens (including phenoxy) is 1. The second-order valence-electron chi connectivity index (χ2n) is 5.75. The van der Waals surface area contributed by atoms with Crippen molar-refractivity contribution in [3.8, 4) is 0 Å². The number of aryl methyl sites for hydroxylation is 4. The van der Waals surface area contributed by atoms with E-state index in [0.717, 1.165) is 24.0 Å². The maximum absolute atomic E-state index is 12.1. The number of carbonyl (C=O) groups excluding carboxylic acids is 1. The lowest BCUT2D eigenvalue weighted by atomic mass is 10.0. The lowest BCUT2D eigenvalue weighted by Crippen LogP contribution is -2.10. The first kappa shape index (κ1) is 16.1. The Morgan fingerprint density at radius 2 is 1.73 bits per heavy atom. The average Bonchev–Trinajstić information content (AvgIpc) is 2.49. The molecule has 0 aliphatic rings. The molecule has 0 aliphatic heterocycles. The standard InChI is InChI=1S/C19H23NO2/c1-13-6-8-16(9-7-13)5-4-10-22-19(21)17-11-15(3)18(20)12-14(17)2/h6-9,11-12H,4-5,10,20H2,1-3H3. The summed E-state index contributed by atoms with van der Waals surface area (Å²) in [5.41, 5.74) is 11.4. The van der Waals surface area contributed by atoms with Gasteiger partial charge in [-0.3, -0.25) is 0 Å². The number of hydrogen-bond acceptors (Lipinski definition) is 3. The molecule has 22 heavy (non-hydrogen) atoms. The Kier molecular flexibility index (Phi) is 5.21. The van der Waals surface area contributed by atoms with Crippen molar-refractivity contribution in [3.05, 3.63) is 64.2 Å². The van der Waals surface area contributed by atoms with Crippen LogP contribution < -0.4 is 5.73 Å². The van der Waals surface area contributed by atoms with Crippen molar-refractivity contribution in [1.29, 1.82) is 0 Å². The first-order valence-electron chi connectivity index (χ1n) is 7.57. The van der Waals surface area contributed by atoms with E-state index in [2.05, 4.69) is 31.2 Å². The van der Waals surface area contributed by atoms with Crippen molar-refractivity contribution in [2.75, 3.05) is 12.3 Å². The van der Waals surface area contributed by atoms with Gasteiger partial charge >= 0.3 is 5.97 Å². The van der Waals surface area contributed by atoms with E-state index >= 15 is 0 Å². The summed E-state index contributed by atoms with van der Waals surface area (Å²) in [6, 6.07) is 12.0. The fourth-order valence-corrected chi connectivity index (χ4v) is 2.33. The minimum atomic E-state index is -0.274. The molecule has 0 unspecified atom stereocenters. The lowest BCUT2D eigenvalue weighted by molar-refractivity contribution is 0.0499. The predicted molar refractivity (Wildman–Crippen MR) is 90.1 cm³/mol. The van der Waals surface area contributed by atoms with E-state index in [4.69, 9.17) is 10.5 Å². The highest BCUT2D eigenvalue weighted by atomic mass is 16.5. The SMILES string of the molecule is Cc1ccc(CCCOC(=O)c2cc(C)c(N)cc2C)cc1. The summed E-state index contributed by atoms with van der Waals surface area (Å²) in [5, 5.41) is 0. The van der Waals surface area contributed by atoms with E-state index in [0.29, 0.717) is 17.9 Å². The zero-order valence-corrected chi connectivity index (χ0v) is 13.5. The normalized spacial score (nSPS) is 10.5. The Hall–Kier alpha value is -2.29. The summed E-state index contributed by atoms with van der Waals surface area (Å²) in [6.07, 6.45) is 1.73. The molecule has 0 saturated heterocycles. The summed E-state index contributed by atoms with van der Waals surface area (Å²) >= 11 is 0. The summed E-state index contributed by atoms with van der Waals surface area (Å²) in [6.45, 7) is 6.26. The third kappa shape index (κ3) is 4.10. The monoisotopic (exact) mass is 297 g/mol. The molecule has 2 aromatic rings. The van der Waals surface area contributed by atoms with E-state index in [1.165, 1.54) is 11.1 Å². The number of carbonyl (C=O) groups is 1. The molecule has 2 N–H and O–H groups in total. The number of esters is 1. The van der Waals surface area contributed by atoms with E-state index < -0.39 is 0 Å². The minimum absolute atomic E-state index is 0.274. The van der Waals surface area contributed by atoms with Crippen molar-refractivity contribution >= 4 is 11.7 Å². The average molecular weight is 297 g/mol. The zero-order chi connectivity index (χ0) is 16.1. The Labute approximate surface area is 132 Å². The Bertz CT molecular complexity index is 660. The first-order valence-corrected chi connectivity index (χ1v) is 7.57. The third-order valence-electron chi connectivity index (χ3n) is 3.80. The molecular formula is C19H23NO2. The zero-order valence-electron chi connectivity index (χ0n) is 13.5. The van der Waals surface area contributed by atoms with Gasteiger partial charge in [0.25, 0.3) is 0 Å². The molecule has 116 valence electrons. The van der Waals surface area contributed by atoms with Crippen LogP contribution in [0, 0.1) is 20.8 Å². The minimum Gasteiger partial charge on any atom is -0.462 e. The second kappa shape index (κ2) is 7.12. The topological polar surface area (TPSA) is 52.3 Å². The predicted octanol–water partition coefficient (Wildman–Crippen LogP) is 3.98. The molecule has 2 aromatic carbocycles. The highest BCUT2D eigenvalue weighted by molar-refractivity contribution is 5.92. The van der Waals surface area contributed by atoms with Gasteiger partial charge in [0.15, 0.2) is 0 Å². The number of rotatable bonds is 5. The molecular weight excluding hydrogens is 274 g/mol. The van der Waals surface area contributed by atoms with Gasteiger partial charge in [0.2, 0.25) is 0 Å². The van der Waals surface area contributed by atoms with Gasteiger partial charge in [-0.2, -0.15) is 0 Å². The molecule has 0 radical (unpaired) electrons. The summed E-state index contributed by atoms with van der Waals surface area (Å²) in [7, 11) is 0. The van der Waals surface area contributed by atoms with Crippen molar-refractivity contribution < 1.29 is 9.53 Å². The van der Waals surface area contributed by atoms with Crippen molar-refractivity contribution in [3.63, 3.8) is 0 Å². The van der Waals surface area contributed by atoms with E-state index in [1.54, 1.807) is 6.07 Å². The van der Waals surface area contributed by atoms with Gasteiger partial charge in [0, 0.05) is 5.69 Å². The van der Waals surface area contributed by atoms with Crippen LogP contribution in [0.4, 0.5) is 5.69 Å². The molecule has 0 saturated carbocycles. The molecule has 0 spiro atoms. The van der Waals surface area contributed by atoms with Crippen LogP contribution in [0.5, 0.6) is 0 Å². The Morgan fingerprint density at radius 1 is 1.05 bits per heavy atom. The van der Waals surface area contributed by atoms with Crippen LogP contribution in [-0.4, -0.2) is 12.6 Å². The number of anilines is 1. The van der Waals surface area contributed by atoms with E-state index in [9.17, 15) is 4.79 Å². The molecule has 0 amide bonds. The highest BCUT2D eigenvalue weighted by Gasteiger charge is 2.12. The lowest BCUT2D eigenvalue weighted by Gasteiger charge is -2.10. The molecule has 0 bridgehead atoms. The van der Waals surface area contributed by atoms with Crippen LogP contribution >= 0.6 is 0 Å². The molecule has 0 atom stereocenters. The molecule has 3 heteroatoms. The van der Waals surface area contributed by atoms with Gasteiger partial charge in [-0.1, -0.05) is 29.8 Å². The molecule has 2 rings (SSSR count). The van der Waals surface area contributed by atoms with E-state index in [-0.39, 0.29) is 5.97 Å². The van der Waals surface area contributed by atoms with Gasteiger partial charge in [-0.05, 0) is 62.4 Å². The van der Waals surface area contributed by atoms with Crippen LogP contribution in [0.2, 0.25) is 0 Å². The maximum Gasteiger partial charge on any atom is 0.338 e. The highest BCUT2D eigenvalue weighted by Crippen LogP contribution is 2.18. The van der Waals surface area contributed by atoms with Crippen LogP contribution in [-0.2, 0) is 11.2 Å². The third-order valence-corrected chi connectivity index (χ3v) is 3.80. The smallest absolute Gasteiger partial charge is 0.338 e. The first-order chi connectivity index (χ1) is 10.5. The van der Waals surface area contributed by atoms with Crippen LogP contribution in [0.1, 0.15) is 39.0 Å². The molecule has 0 fully saturated rings. The molecule has 0 heterocycles.